The number of sulfone groups is 1. The third-order valence-corrected chi connectivity index (χ3v) is 6.95. The highest BCUT2D eigenvalue weighted by Gasteiger charge is 2.31. The predicted molar refractivity (Wildman–Crippen MR) is 109 cm³/mol. The van der Waals surface area contributed by atoms with Crippen molar-refractivity contribution in [2.75, 3.05) is 16.8 Å². The first-order valence-corrected chi connectivity index (χ1v) is 11.1. The molecule has 1 fully saturated rings. The molecule has 0 aliphatic carbocycles. The Morgan fingerprint density at radius 3 is 2.76 bits per heavy atom. The lowest BCUT2D eigenvalue weighted by Gasteiger charge is -2.12. The fraction of sp³-hybridized carbons (Fsp3) is 0.368. The molecule has 10 heteroatoms. The molecule has 3 aromatic rings. The van der Waals surface area contributed by atoms with Crippen LogP contribution in [0.3, 0.4) is 0 Å². The Labute approximate surface area is 167 Å². The summed E-state index contributed by atoms with van der Waals surface area (Å²) in [6.07, 6.45) is 2.06. The number of benzene rings is 1. The Kier molecular flexibility index (Phi) is 4.73. The van der Waals surface area contributed by atoms with E-state index in [1.54, 1.807) is 42.9 Å². The third kappa shape index (κ3) is 3.67. The number of aryl methyl sites for hydroxylation is 1. The Morgan fingerprint density at radius 1 is 1.28 bits per heavy atom. The Morgan fingerprint density at radius 2 is 2.03 bits per heavy atom. The number of aromatic nitrogens is 4. The Hall–Kier alpha value is -3.01. The quantitative estimate of drug-likeness (QED) is 0.685. The molecule has 1 amide bonds. The number of nitrogens with zero attached hydrogens (tertiary/aromatic N) is 4. The van der Waals surface area contributed by atoms with Gasteiger partial charge in [0.2, 0.25) is 5.91 Å². The normalized spacial score (nSPS) is 18.2. The summed E-state index contributed by atoms with van der Waals surface area (Å²) in [6, 6.07) is 6.84. The molecule has 3 heterocycles. The summed E-state index contributed by atoms with van der Waals surface area (Å²) in [5, 5.41) is 12.5. The van der Waals surface area contributed by atoms with E-state index >= 15 is 0 Å². The number of carbonyl (C=O) groups excluding carboxylic acids is 1. The van der Waals surface area contributed by atoms with E-state index in [0.717, 1.165) is 4.68 Å². The summed E-state index contributed by atoms with van der Waals surface area (Å²) in [6.45, 7) is 3.32. The van der Waals surface area contributed by atoms with E-state index < -0.39 is 15.7 Å². The van der Waals surface area contributed by atoms with Gasteiger partial charge in [0.25, 0.3) is 5.56 Å². The number of amides is 1. The van der Waals surface area contributed by atoms with E-state index in [1.165, 1.54) is 0 Å². The molecule has 0 saturated carbocycles. The molecule has 1 aliphatic heterocycles. The number of hydrogen-bond acceptors (Lipinski definition) is 6. The Bertz CT molecular complexity index is 1280. The second-order valence-corrected chi connectivity index (χ2v) is 9.52. The molecule has 1 atom stereocenters. The van der Waals surface area contributed by atoms with Gasteiger partial charge < -0.3 is 5.32 Å². The van der Waals surface area contributed by atoms with Gasteiger partial charge in [0.1, 0.15) is 6.54 Å². The number of nitrogens with one attached hydrogen (secondary N) is 1. The average molecular weight is 415 g/mol. The number of carbonyl (C=O) groups is 1. The minimum absolute atomic E-state index is 0.0543. The van der Waals surface area contributed by atoms with Crippen LogP contribution in [0.5, 0.6) is 0 Å². The highest BCUT2D eigenvalue weighted by atomic mass is 32.2. The molecule has 4 rings (SSSR count). The summed E-state index contributed by atoms with van der Waals surface area (Å²) in [5.74, 6) is -0.202. The van der Waals surface area contributed by atoms with Crippen LogP contribution < -0.4 is 10.9 Å². The first-order valence-electron chi connectivity index (χ1n) is 9.26. The zero-order valence-corrected chi connectivity index (χ0v) is 16.9. The third-order valence-electron chi connectivity index (χ3n) is 5.20. The number of rotatable bonds is 4. The van der Waals surface area contributed by atoms with E-state index in [1.807, 2.05) is 6.07 Å². The van der Waals surface area contributed by atoms with E-state index in [4.69, 9.17) is 0 Å². The van der Waals surface area contributed by atoms with Crippen molar-refractivity contribution >= 4 is 32.2 Å². The predicted octanol–water partition coefficient (Wildman–Crippen LogP) is 1.21. The maximum Gasteiger partial charge on any atom is 0.275 e. The summed E-state index contributed by atoms with van der Waals surface area (Å²) >= 11 is 0. The van der Waals surface area contributed by atoms with Crippen LogP contribution in [-0.2, 0) is 21.2 Å². The second kappa shape index (κ2) is 7.11. The van der Waals surface area contributed by atoms with Gasteiger partial charge in [0.15, 0.2) is 9.84 Å². The maximum absolute atomic E-state index is 12.6. The minimum Gasteiger partial charge on any atom is -0.321 e. The molecule has 1 N–H and O–H groups in total. The van der Waals surface area contributed by atoms with Crippen molar-refractivity contribution in [2.24, 2.45) is 0 Å². The highest BCUT2D eigenvalue weighted by Crippen LogP contribution is 2.29. The summed E-state index contributed by atoms with van der Waals surface area (Å²) in [4.78, 5) is 25.1. The molecular formula is C19H21N5O4S. The first-order chi connectivity index (χ1) is 13.7. The van der Waals surface area contributed by atoms with Crippen LogP contribution in [0.2, 0.25) is 0 Å². The molecule has 9 nitrogen and oxygen atoms in total. The van der Waals surface area contributed by atoms with Gasteiger partial charge in [-0.1, -0.05) is 18.2 Å². The van der Waals surface area contributed by atoms with Gasteiger partial charge >= 0.3 is 0 Å². The van der Waals surface area contributed by atoms with Crippen molar-refractivity contribution in [1.29, 1.82) is 0 Å². The minimum atomic E-state index is -3.04. The van der Waals surface area contributed by atoms with Gasteiger partial charge in [-0.15, -0.1) is 0 Å². The molecule has 2 aromatic heterocycles. The Balaban J connectivity index is 1.55. The summed E-state index contributed by atoms with van der Waals surface area (Å²) in [5.41, 5.74) is 1.49. The molecule has 1 unspecified atom stereocenters. The number of fused-ring (bicyclic) bond motifs is 1. The highest BCUT2D eigenvalue weighted by molar-refractivity contribution is 7.91. The van der Waals surface area contributed by atoms with Gasteiger partial charge in [0.05, 0.1) is 46.2 Å². The fourth-order valence-electron chi connectivity index (χ4n) is 3.72. The first kappa shape index (κ1) is 19.3. The zero-order chi connectivity index (χ0) is 20.8. The van der Waals surface area contributed by atoms with E-state index in [-0.39, 0.29) is 29.7 Å². The van der Waals surface area contributed by atoms with Crippen molar-refractivity contribution in [3.63, 3.8) is 0 Å². The lowest BCUT2D eigenvalue weighted by atomic mass is 10.2. The molecular weight excluding hydrogens is 394 g/mol. The monoisotopic (exact) mass is 415 g/mol. The van der Waals surface area contributed by atoms with Crippen LogP contribution in [0, 0.1) is 13.8 Å². The van der Waals surface area contributed by atoms with Crippen molar-refractivity contribution in [2.45, 2.75) is 32.9 Å². The molecule has 0 bridgehead atoms. The molecule has 1 aliphatic rings. The van der Waals surface area contributed by atoms with Crippen LogP contribution in [0.1, 0.15) is 23.9 Å². The van der Waals surface area contributed by atoms with Gasteiger partial charge in [-0.2, -0.15) is 10.2 Å². The van der Waals surface area contributed by atoms with Gasteiger partial charge in [-0.25, -0.2) is 13.1 Å². The van der Waals surface area contributed by atoms with Gasteiger partial charge in [-0.05, 0) is 26.3 Å². The van der Waals surface area contributed by atoms with Crippen LogP contribution >= 0.6 is 0 Å². The molecule has 1 aromatic carbocycles. The van der Waals surface area contributed by atoms with E-state index in [2.05, 4.69) is 15.5 Å². The van der Waals surface area contributed by atoms with Crippen molar-refractivity contribution in [3.05, 3.63) is 52.2 Å². The lowest BCUT2D eigenvalue weighted by molar-refractivity contribution is -0.117. The topological polar surface area (TPSA) is 116 Å². The molecule has 0 radical (unpaired) electrons. The largest absolute Gasteiger partial charge is 0.321 e. The summed E-state index contributed by atoms with van der Waals surface area (Å²) < 4.78 is 26.3. The molecule has 29 heavy (non-hydrogen) atoms. The van der Waals surface area contributed by atoms with Crippen LogP contribution in [0.4, 0.5) is 5.69 Å². The summed E-state index contributed by atoms with van der Waals surface area (Å²) in [7, 11) is -3.04. The smallest absolute Gasteiger partial charge is 0.275 e. The number of hydrogen-bond donors (Lipinski definition) is 1. The SMILES string of the molecule is Cc1nn(C2CCS(=O)(=O)C2)c(C)c1NC(=O)Cn1ncc2ccccc2c1=O. The molecule has 0 spiro atoms. The van der Waals surface area contributed by atoms with Crippen LogP contribution in [0.15, 0.2) is 35.3 Å². The molecule has 1 saturated heterocycles. The number of anilines is 1. The second-order valence-electron chi connectivity index (χ2n) is 7.29. The van der Waals surface area contributed by atoms with E-state index in [0.29, 0.717) is 34.3 Å². The van der Waals surface area contributed by atoms with Crippen LogP contribution in [-0.4, -0.2) is 45.4 Å². The zero-order valence-electron chi connectivity index (χ0n) is 16.1. The average Bonchev–Trinajstić information content (AvgIpc) is 3.17. The fourth-order valence-corrected chi connectivity index (χ4v) is 5.41. The van der Waals surface area contributed by atoms with Gasteiger partial charge in [0, 0.05) is 5.39 Å². The lowest BCUT2D eigenvalue weighted by Crippen LogP contribution is -2.29. The molecule has 152 valence electrons. The maximum atomic E-state index is 12.6. The standard InChI is InChI=1S/C19H21N5O4S/c1-12-18(13(2)24(22-12)15-7-8-29(27,28)11-15)21-17(25)10-23-19(26)16-6-4-3-5-14(16)9-20-23/h3-6,9,15H,7-8,10-11H2,1-2H3,(H,21,25). The van der Waals surface area contributed by atoms with Crippen molar-refractivity contribution in [3.8, 4) is 0 Å². The van der Waals surface area contributed by atoms with Crippen molar-refractivity contribution in [1.82, 2.24) is 19.6 Å². The van der Waals surface area contributed by atoms with Crippen molar-refractivity contribution < 1.29 is 13.2 Å². The van der Waals surface area contributed by atoms with E-state index in [9.17, 15) is 18.0 Å². The van der Waals surface area contributed by atoms with Crippen LogP contribution in [0.25, 0.3) is 10.8 Å². The van der Waals surface area contributed by atoms with Gasteiger partial charge in [-0.3, -0.25) is 14.3 Å².